The second-order valence-corrected chi connectivity index (χ2v) is 6.65. The molecule has 6 heteroatoms. The fourth-order valence-corrected chi connectivity index (χ4v) is 3.18. The van der Waals surface area contributed by atoms with Crippen molar-refractivity contribution >= 4 is 33.3 Å². The maximum absolute atomic E-state index is 12.3. The van der Waals surface area contributed by atoms with Gasteiger partial charge in [0.25, 0.3) is 5.91 Å². The molecule has 5 nitrogen and oxygen atoms in total. The predicted octanol–water partition coefficient (Wildman–Crippen LogP) is 4.24. The van der Waals surface area contributed by atoms with E-state index < -0.39 is 0 Å². The van der Waals surface area contributed by atoms with Crippen molar-refractivity contribution in [3.63, 3.8) is 0 Å². The number of anilines is 2. The third-order valence-corrected chi connectivity index (χ3v) is 4.43. The fourth-order valence-electron chi connectivity index (χ4n) is 2.78. The van der Waals surface area contributed by atoms with Crippen LogP contribution in [0.25, 0.3) is 0 Å². The van der Waals surface area contributed by atoms with E-state index in [1.807, 2.05) is 24.3 Å². The molecule has 1 fully saturated rings. The molecule has 0 radical (unpaired) electrons. The highest BCUT2D eigenvalue weighted by atomic mass is 79.9. The van der Waals surface area contributed by atoms with Crippen molar-refractivity contribution in [1.29, 1.82) is 0 Å². The highest BCUT2D eigenvalue weighted by Gasteiger charge is 2.15. The summed E-state index contributed by atoms with van der Waals surface area (Å²) in [6.07, 6.45) is 7.55. The summed E-state index contributed by atoms with van der Waals surface area (Å²) in [6, 6.07) is 9.62. The molecule has 3 rings (SSSR count). The van der Waals surface area contributed by atoms with Crippen molar-refractivity contribution in [2.45, 2.75) is 38.1 Å². The van der Waals surface area contributed by atoms with E-state index in [-0.39, 0.29) is 5.91 Å². The number of carbonyl (C=O) groups excluding carboxylic acids is 1. The largest absolute Gasteiger partial charge is 0.367 e. The van der Waals surface area contributed by atoms with Gasteiger partial charge in [-0.15, -0.1) is 0 Å². The number of hydrogen-bond donors (Lipinski definition) is 2. The van der Waals surface area contributed by atoms with Crippen LogP contribution in [0.3, 0.4) is 0 Å². The first-order valence-electron chi connectivity index (χ1n) is 7.86. The molecule has 23 heavy (non-hydrogen) atoms. The maximum atomic E-state index is 12.3. The molecule has 1 amide bonds. The van der Waals surface area contributed by atoms with Gasteiger partial charge in [-0.3, -0.25) is 4.79 Å². The van der Waals surface area contributed by atoms with Crippen LogP contribution < -0.4 is 10.6 Å². The number of nitrogens with zero attached hydrogens (tertiary/aromatic N) is 2. The molecule has 120 valence electrons. The van der Waals surface area contributed by atoms with Crippen LogP contribution in [0.1, 0.15) is 42.6 Å². The van der Waals surface area contributed by atoms with Crippen LogP contribution in [0.5, 0.6) is 0 Å². The summed E-state index contributed by atoms with van der Waals surface area (Å²) in [4.78, 5) is 20.6. The summed E-state index contributed by atoms with van der Waals surface area (Å²) < 4.78 is 0.914. The van der Waals surface area contributed by atoms with Gasteiger partial charge in [0.05, 0.1) is 0 Å². The lowest BCUT2D eigenvalue weighted by atomic mass is 9.95. The number of nitrogens with one attached hydrogen (secondary N) is 2. The lowest BCUT2D eigenvalue weighted by Gasteiger charge is -2.23. The summed E-state index contributed by atoms with van der Waals surface area (Å²) in [5.74, 6) is 0.475. The maximum Gasteiger partial charge on any atom is 0.274 e. The molecule has 1 saturated carbocycles. The third-order valence-electron chi connectivity index (χ3n) is 3.94. The van der Waals surface area contributed by atoms with Crippen LogP contribution in [0.2, 0.25) is 0 Å². The van der Waals surface area contributed by atoms with E-state index in [2.05, 4.69) is 36.5 Å². The van der Waals surface area contributed by atoms with E-state index in [1.54, 1.807) is 6.07 Å². The minimum absolute atomic E-state index is 0.239. The average Bonchev–Trinajstić information content (AvgIpc) is 2.56. The minimum atomic E-state index is -0.239. The Balaban J connectivity index is 1.67. The number of carbonyl (C=O) groups is 1. The zero-order chi connectivity index (χ0) is 16.1. The Kier molecular flexibility index (Phi) is 5.23. The molecule has 0 spiro atoms. The second kappa shape index (κ2) is 7.55. The highest BCUT2D eigenvalue weighted by molar-refractivity contribution is 9.10. The molecule has 0 bridgehead atoms. The fraction of sp³-hybridized carbons (Fsp3) is 0.353. The van der Waals surface area contributed by atoms with Gasteiger partial charge in [-0.1, -0.05) is 41.3 Å². The standard InChI is InChI=1S/C17H19BrN4O/c18-12-5-4-8-14(9-12)22-17(23)15-10-16(20-11-19-15)21-13-6-2-1-3-7-13/h4-5,8-11,13H,1-3,6-7H2,(H,22,23)(H,19,20,21). The molecule has 0 unspecified atom stereocenters. The second-order valence-electron chi connectivity index (χ2n) is 5.73. The SMILES string of the molecule is O=C(Nc1cccc(Br)c1)c1cc(NC2CCCCC2)ncn1. The Labute approximate surface area is 144 Å². The molecule has 1 aliphatic rings. The smallest absolute Gasteiger partial charge is 0.274 e. The van der Waals surface area contributed by atoms with Gasteiger partial charge in [0, 0.05) is 22.3 Å². The van der Waals surface area contributed by atoms with Gasteiger partial charge < -0.3 is 10.6 Å². The van der Waals surface area contributed by atoms with Gasteiger partial charge in [-0.25, -0.2) is 9.97 Å². The summed E-state index contributed by atoms with van der Waals surface area (Å²) in [6.45, 7) is 0. The predicted molar refractivity (Wildman–Crippen MR) is 94.6 cm³/mol. The van der Waals surface area contributed by atoms with E-state index in [0.29, 0.717) is 17.6 Å². The monoisotopic (exact) mass is 374 g/mol. The third kappa shape index (κ3) is 4.51. The van der Waals surface area contributed by atoms with Gasteiger partial charge in [-0.05, 0) is 31.0 Å². The number of amides is 1. The molecule has 1 aromatic carbocycles. The lowest BCUT2D eigenvalue weighted by molar-refractivity contribution is 0.102. The van der Waals surface area contributed by atoms with Crippen LogP contribution in [0.4, 0.5) is 11.5 Å². The quantitative estimate of drug-likeness (QED) is 0.839. The Hall–Kier alpha value is -1.95. The van der Waals surface area contributed by atoms with E-state index in [9.17, 15) is 4.79 Å². The van der Waals surface area contributed by atoms with Crippen LogP contribution >= 0.6 is 15.9 Å². The molecular weight excluding hydrogens is 356 g/mol. The first-order chi connectivity index (χ1) is 11.2. The molecule has 0 aliphatic heterocycles. The highest BCUT2D eigenvalue weighted by Crippen LogP contribution is 2.21. The van der Waals surface area contributed by atoms with Crippen molar-refractivity contribution in [1.82, 2.24) is 9.97 Å². The minimum Gasteiger partial charge on any atom is -0.367 e. The Bertz CT molecular complexity index is 686. The first kappa shape index (κ1) is 15.9. The summed E-state index contributed by atoms with van der Waals surface area (Å²) in [7, 11) is 0. The number of aromatic nitrogens is 2. The zero-order valence-electron chi connectivity index (χ0n) is 12.8. The molecule has 1 aromatic heterocycles. The number of benzene rings is 1. The molecule has 0 saturated heterocycles. The number of hydrogen-bond acceptors (Lipinski definition) is 4. The topological polar surface area (TPSA) is 66.9 Å². The van der Waals surface area contributed by atoms with Crippen molar-refractivity contribution in [3.8, 4) is 0 Å². The molecule has 1 aliphatic carbocycles. The number of halogens is 1. The zero-order valence-corrected chi connectivity index (χ0v) is 14.3. The number of rotatable bonds is 4. The van der Waals surface area contributed by atoms with Crippen LogP contribution in [0.15, 0.2) is 41.1 Å². The molecular formula is C17H19BrN4O. The Morgan fingerprint density at radius 1 is 1.13 bits per heavy atom. The first-order valence-corrected chi connectivity index (χ1v) is 8.65. The molecule has 0 atom stereocenters. The summed E-state index contributed by atoms with van der Waals surface area (Å²) >= 11 is 3.39. The van der Waals surface area contributed by atoms with Gasteiger partial charge in [0.2, 0.25) is 0 Å². The van der Waals surface area contributed by atoms with E-state index in [1.165, 1.54) is 25.6 Å². The Morgan fingerprint density at radius 2 is 1.96 bits per heavy atom. The molecule has 1 heterocycles. The van der Waals surface area contributed by atoms with Crippen molar-refractivity contribution < 1.29 is 4.79 Å². The lowest BCUT2D eigenvalue weighted by Crippen LogP contribution is -2.23. The van der Waals surface area contributed by atoms with Crippen molar-refractivity contribution in [2.75, 3.05) is 10.6 Å². The summed E-state index contributed by atoms with van der Waals surface area (Å²) in [5.41, 5.74) is 1.09. The molecule has 2 N–H and O–H groups in total. The molecule has 2 aromatic rings. The van der Waals surface area contributed by atoms with E-state index >= 15 is 0 Å². The van der Waals surface area contributed by atoms with Crippen molar-refractivity contribution in [3.05, 3.63) is 46.8 Å². The van der Waals surface area contributed by atoms with Gasteiger partial charge >= 0.3 is 0 Å². The van der Waals surface area contributed by atoms with Gasteiger partial charge in [-0.2, -0.15) is 0 Å². The van der Waals surface area contributed by atoms with Crippen LogP contribution in [-0.4, -0.2) is 21.9 Å². The Morgan fingerprint density at radius 3 is 2.74 bits per heavy atom. The van der Waals surface area contributed by atoms with E-state index in [4.69, 9.17) is 0 Å². The normalized spacial score (nSPS) is 15.2. The van der Waals surface area contributed by atoms with E-state index in [0.717, 1.165) is 23.0 Å². The average molecular weight is 375 g/mol. The van der Waals surface area contributed by atoms with Gasteiger partial charge in [0.1, 0.15) is 17.8 Å². The van der Waals surface area contributed by atoms with Crippen LogP contribution in [-0.2, 0) is 0 Å². The summed E-state index contributed by atoms with van der Waals surface area (Å²) in [5, 5.41) is 6.25. The van der Waals surface area contributed by atoms with Crippen molar-refractivity contribution in [2.24, 2.45) is 0 Å². The van der Waals surface area contributed by atoms with Crippen LogP contribution in [0, 0.1) is 0 Å². The van der Waals surface area contributed by atoms with Gasteiger partial charge in [0.15, 0.2) is 0 Å².